The number of aromatic nitrogens is 8. The van der Waals surface area contributed by atoms with Gasteiger partial charge in [-0.1, -0.05) is 11.6 Å². The van der Waals surface area contributed by atoms with Crippen LogP contribution in [0.4, 0.5) is 0 Å². The van der Waals surface area contributed by atoms with Crippen LogP contribution in [0.3, 0.4) is 0 Å². The average Bonchev–Trinajstić information content (AvgIpc) is 3.40. The molecule has 9 nitrogen and oxygen atoms in total. The van der Waals surface area contributed by atoms with Crippen LogP contribution in [0.2, 0.25) is 5.15 Å². The molecule has 1 aliphatic heterocycles. The van der Waals surface area contributed by atoms with Crippen LogP contribution in [0.1, 0.15) is 25.5 Å². The van der Waals surface area contributed by atoms with Crippen molar-refractivity contribution in [3.8, 4) is 22.8 Å². The summed E-state index contributed by atoms with van der Waals surface area (Å²) in [5.41, 5.74) is 2.96. The maximum absolute atomic E-state index is 6.27. The highest BCUT2D eigenvalue weighted by Gasteiger charge is 2.21. The molecule has 5 heterocycles. The number of nitrogens with zero attached hydrogens (tertiary/aromatic N) is 8. The molecule has 138 valence electrons. The van der Waals surface area contributed by atoms with E-state index in [2.05, 4.69) is 25.5 Å². The zero-order valence-corrected chi connectivity index (χ0v) is 15.4. The molecule has 0 N–H and O–H groups in total. The predicted octanol–water partition coefficient (Wildman–Crippen LogP) is 2.74. The minimum atomic E-state index is -0.0340. The van der Waals surface area contributed by atoms with Gasteiger partial charge in [-0.2, -0.15) is 19.8 Å². The first kappa shape index (κ1) is 16.4. The molecule has 1 fully saturated rings. The summed E-state index contributed by atoms with van der Waals surface area (Å²) >= 11 is 6.27. The molecule has 0 aliphatic carbocycles. The van der Waals surface area contributed by atoms with E-state index in [-0.39, 0.29) is 6.23 Å². The number of ether oxygens (including phenoxy) is 1. The van der Waals surface area contributed by atoms with Gasteiger partial charge in [0.15, 0.2) is 10.8 Å². The van der Waals surface area contributed by atoms with Crippen LogP contribution < -0.4 is 0 Å². The number of hydrogen-bond acceptors (Lipinski definition) is 6. The first-order chi connectivity index (χ1) is 13.2. The van der Waals surface area contributed by atoms with Gasteiger partial charge in [0.1, 0.15) is 11.9 Å². The fourth-order valence-electron chi connectivity index (χ4n) is 3.39. The molecule has 0 radical (unpaired) electrons. The summed E-state index contributed by atoms with van der Waals surface area (Å²) in [6.45, 7) is 0.763. The molecular weight excluding hydrogens is 368 g/mol. The Bertz CT molecular complexity index is 1110. The number of hydrogen-bond donors (Lipinski definition) is 0. The second-order valence-corrected chi connectivity index (χ2v) is 6.87. The summed E-state index contributed by atoms with van der Waals surface area (Å²) < 4.78 is 11.0. The highest BCUT2D eigenvalue weighted by molar-refractivity contribution is 6.29. The van der Waals surface area contributed by atoms with Crippen molar-refractivity contribution in [2.24, 2.45) is 7.05 Å². The Hall–Kier alpha value is -2.78. The summed E-state index contributed by atoms with van der Waals surface area (Å²) in [7, 11) is 1.86. The summed E-state index contributed by atoms with van der Waals surface area (Å²) in [6.07, 6.45) is 6.78. The van der Waals surface area contributed by atoms with E-state index in [0.717, 1.165) is 37.1 Å². The van der Waals surface area contributed by atoms with Crippen molar-refractivity contribution in [2.45, 2.75) is 25.5 Å². The molecule has 1 atom stereocenters. The monoisotopic (exact) mass is 384 g/mol. The summed E-state index contributed by atoms with van der Waals surface area (Å²) in [6, 6.07) is 5.55. The fraction of sp³-hybridized carbons (Fsp3) is 0.353. The van der Waals surface area contributed by atoms with Gasteiger partial charge in [0.05, 0.1) is 5.69 Å². The van der Waals surface area contributed by atoms with E-state index < -0.39 is 0 Å². The Kier molecular flexibility index (Phi) is 3.91. The number of halogens is 1. The lowest BCUT2D eigenvalue weighted by atomic mass is 10.2. The highest BCUT2D eigenvalue weighted by Crippen LogP contribution is 2.28. The van der Waals surface area contributed by atoms with E-state index >= 15 is 0 Å². The topological polar surface area (TPSA) is 88.0 Å². The van der Waals surface area contributed by atoms with Gasteiger partial charge in [0.2, 0.25) is 5.82 Å². The van der Waals surface area contributed by atoms with E-state index in [4.69, 9.17) is 16.3 Å². The van der Waals surface area contributed by atoms with E-state index in [1.165, 1.54) is 0 Å². The Morgan fingerprint density at radius 1 is 1.19 bits per heavy atom. The molecule has 1 saturated heterocycles. The Morgan fingerprint density at radius 3 is 2.89 bits per heavy atom. The Morgan fingerprint density at radius 2 is 2.11 bits per heavy atom. The van der Waals surface area contributed by atoms with Crippen molar-refractivity contribution in [3.05, 3.63) is 35.7 Å². The molecule has 0 aromatic carbocycles. The lowest BCUT2D eigenvalue weighted by molar-refractivity contribution is -0.0393. The smallest absolute Gasteiger partial charge is 0.205 e. The maximum atomic E-state index is 6.27. The molecule has 0 saturated carbocycles. The van der Waals surface area contributed by atoms with Crippen molar-refractivity contribution in [3.63, 3.8) is 0 Å². The molecule has 1 unspecified atom stereocenters. The van der Waals surface area contributed by atoms with Gasteiger partial charge >= 0.3 is 0 Å². The van der Waals surface area contributed by atoms with Crippen molar-refractivity contribution in [1.29, 1.82) is 0 Å². The molecule has 4 aromatic rings. The third-order valence-corrected chi connectivity index (χ3v) is 4.91. The van der Waals surface area contributed by atoms with Gasteiger partial charge in [-0.25, -0.2) is 4.68 Å². The van der Waals surface area contributed by atoms with Crippen molar-refractivity contribution >= 4 is 17.2 Å². The number of aryl methyl sites for hydroxylation is 1. The van der Waals surface area contributed by atoms with E-state index in [9.17, 15) is 0 Å². The molecule has 27 heavy (non-hydrogen) atoms. The van der Waals surface area contributed by atoms with E-state index in [1.54, 1.807) is 21.5 Å². The van der Waals surface area contributed by atoms with Crippen LogP contribution in [0.5, 0.6) is 0 Å². The van der Waals surface area contributed by atoms with Crippen LogP contribution in [0.15, 0.2) is 30.6 Å². The SMILES string of the molecule is Cn1nccc1-c1cc(Cl)nn2c(-c3ccn(C4CCCCO4)n3)nnc12. The lowest BCUT2D eigenvalue weighted by Crippen LogP contribution is -2.18. The van der Waals surface area contributed by atoms with Gasteiger partial charge in [0, 0.05) is 31.6 Å². The van der Waals surface area contributed by atoms with Crippen LogP contribution in [0, 0.1) is 0 Å². The second kappa shape index (κ2) is 6.43. The standard InChI is InChI=1S/C17H17ClN8O/c1-24-13(5-7-19-24)11-10-14(18)23-26-16(11)20-21-17(26)12-6-8-25(22-12)15-4-2-3-9-27-15/h5-8,10,15H,2-4,9H2,1H3. The number of rotatable bonds is 3. The van der Waals surface area contributed by atoms with Gasteiger partial charge in [-0.05, 0) is 37.5 Å². The van der Waals surface area contributed by atoms with Gasteiger partial charge < -0.3 is 4.74 Å². The molecule has 0 amide bonds. The summed E-state index contributed by atoms with van der Waals surface area (Å²) in [4.78, 5) is 0. The van der Waals surface area contributed by atoms with Crippen molar-refractivity contribution < 1.29 is 4.74 Å². The summed E-state index contributed by atoms with van der Waals surface area (Å²) in [5, 5.41) is 22.2. The first-order valence-corrected chi connectivity index (χ1v) is 9.16. The second-order valence-electron chi connectivity index (χ2n) is 6.48. The van der Waals surface area contributed by atoms with Crippen LogP contribution >= 0.6 is 11.6 Å². The highest BCUT2D eigenvalue weighted by atomic mass is 35.5. The van der Waals surface area contributed by atoms with E-state index in [1.807, 2.05) is 30.1 Å². The Labute approximate surface area is 159 Å². The molecule has 0 spiro atoms. The third kappa shape index (κ3) is 2.79. The third-order valence-electron chi connectivity index (χ3n) is 4.73. The van der Waals surface area contributed by atoms with E-state index in [0.29, 0.717) is 22.3 Å². The molecular formula is C17H17ClN8O. The largest absolute Gasteiger partial charge is 0.357 e. The van der Waals surface area contributed by atoms with Crippen molar-refractivity contribution in [2.75, 3.05) is 6.61 Å². The molecule has 1 aliphatic rings. The zero-order chi connectivity index (χ0) is 18.4. The predicted molar refractivity (Wildman–Crippen MR) is 98.1 cm³/mol. The van der Waals surface area contributed by atoms with Gasteiger partial charge in [-0.15, -0.1) is 10.2 Å². The lowest BCUT2D eigenvalue weighted by Gasteiger charge is -2.22. The molecule has 10 heteroatoms. The number of fused-ring (bicyclic) bond motifs is 1. The van der Waals surface area contributed by atoms with Crippen molar-refractivity contribution in [1.82, 2.24) is 39.4 Å². The van der Waals surface area contributed by atoms with Gasteiger partial charge in [-0.3, -0.25) is 4.68 Å². The normalized spacial score (nSPS) is 17.6. The quantitative estimate of drug-likeness (QED) is 0.539. The maximum Gasteiger partial charge on any atom is 0.205 e. The average molecular weight is 385 g/mol. The molecule has 4 aromatic heterocycles. The van der Waals surface area contributed by atoms with Crippen LogP contribution in [0.25, 0.3) is 28.4 Å². The minimum absolute atomic E-state index is 0.0340. The Balaban J connectivity index is 1.60. The fourth-order valence-corrected chi connectivity index (χ4v) is 3.57. The zero-order valence-electron chi connectivity index (χ0n) is 14.7. The van der Waals surface area contributed by atoms with Gasteiger partial charge in [0.25, 0.3) is 0 Å². The minimum Gasteiger partial charge on any atom is -0.357 e. The van der Waals surface area contributed by atoms with Crippen LogP contribution in [-0.2, 0) is 11.8 Å². The first-order valence-electron chi connectivity index (χ1n) is 8.78. The molecule has 5 rings (SSSR count). The summed E-state index contributed by atoms with van der Waals surface area (Å²) in [5.74, 6) is 0.533. The van der Waals surface area contributed by atoms with Crippen LogP contribution in [-0.4, -0.2) is 46.0 Å². The molecule has 0 bridgehead atoms.